The smallest absolute Gasteiger partial charge is 0.191 e. The summed E-state index contributed by atoms with van der Waals surface area (Å²) in [6.45, 7) is 8.31. The Bertz CT molecular complexity index is 651. The molecule has 0 aliphatic heterocycles. The lowest BCUT2D eigenvalue weighted by atomic mass is 10.2. The van der Waals surface area contributed by atoms with E-state index in [1.807, 2.05) is 38.1 Å². The minimum absolute atomic E-state index is 0.605. The van der Waals surface area contributed by atoms with E-state index in [0.29, 0.717) is 13.1 Å². The number of aryl methyl sites for hydroxylation is 3. The Labute approximate surface area is 131 Å². The molecule has 0 amide bonds. The van der Waals surface area contributed by atoms with Crippen LogP contribution in [0.25, 0.3) is 0 Å². The summed E-state index contributed by atoms with van der Waals surface area (Å²) in [7, 11) is 3.87. The molecule has 2 rings (SSSR count). The van der Waals surface area contributed by atoms with E-state index in [9.17, 15) is 0 Å². The average Bonchev–Trinajstić information content (AvgIpc) is 2.99. The molecule has 2 N–H and O–H groups in total. The van der Waals surface area contributed by atoms with Gasteiger partial charge in [0, 0.05) is 50.2 Å². The summed E-state index contributed by atoms with van der Waals surface area (Å²) in [6, 6.07) is 0. The summed E-state index contributed by atoms with van der Waals surface area (Å²) in [4.78, 5) is 4.59. The van der Waals surface area contributed by atoms with E-state index in [1.54, 1.807) is 4.68 Å². The first kappa shape index (κ1) is 16.1. The third-order valence-electron chi connectivity index (χ3n) is 3.61. The second kappa shape index (κ2) is 7.11. The van der Waals surface area contributed by atoms with Gasteiger partial charge < -0.3 is 10.6 Å². The lowest BCUT2D eigenvalue weighted by Gasteiger charge is -2.11. The lowest BCUT2D eigenvalue weighted by Crippen LogP contribution is -2.37. The van der Waals surface area contributed by atoms with E-state index in [4.69, 9.17) is 0 Å². The summed E-state index contributed by atoms with van der Waals surface area (Å²) in [5.41, 5.74) is 4.53. The quantitative estimate of drug-likeness (QED) is 0.639. The number of aromatic nitrogens is 4. The van der Waals surface area contributed by atoms with Crippen LogP contribution >= 0.6 is 0 Å². The number of hydrogen-bond donors (Lipinski definition) is 2. The van der Waals surface area contributed by atoms with Gasteiger partial charge in [-0.05, 0) is 20.8 Å². The van der Waals surface area contributed by atoms with Crippen LogP contribution in [0.15, 0.2) is 17.4 Å². The molecule has 2 aromatic rings. The normalized spacial score (nSPS) is 11.8. The number of guanidine groups is 1. The van der Waals surface area contributed by atoms with Gasteiger partial charge in [-0.2, -0.15) is 10.2 Å². The van der Waals surface area contributed by atoms with Crippen molar-refractivity contribution in [2.75, 3.05) is 6.54 Å². The van der Waals surface area contributed by atoms with Gasteiger partial charge in [-0.15, -0.1) is 0 Å². The number of hydrogen-bond acceptors (Lipinski definition) is 3. The van der Waals surface area contributed by atoms with Crippen molar-refractivity contribution < 1.29 is 0 Å². The molecule has 0 spiro atoms. The number of aliphatic imine (C=N–C) groups is 1. The summed E-state index contributed by atoms with van der Waals surface area (Å²) in [5, 5.41) is 15.2. The Morgan fingerprint density at radius 3 is 2.59 bits per heavy atom. The van der Waals surface area contributed by atoms with Gasteiger partial charge in [0.25, 0.3) is 0 Å². The predicted octanol–water partition coefficient (Wildman–Crippen LogP) is 1.03. The van der Waals surface area contributed by atoms with Crippen LogP contribution in [-0.2, 0) is 27.2 Å². The molecular formula is C15H25N7. The van der Waals surface area contributed by atoms with Gasteiger partial charge in [0.15, 0.2) is 5.96 Å². The standard InChI is InChI=1S/C15H25N7/c1-6-16-15(17-7-13-8-19-21(4)10-13)18-9-14-11(2)20-22(5)12(14)3/h8,10H,6-7,9H2,1-5H3,(H2,16,17,18). The fourth-order valence-electron chi connectivity index (χ4n) is 2.31. The zero-order valence-electron chi connectivity index (χ0n) is 14.0. The summed E-state index contributed by atoms with van der Waals surface area (Å²) in [6.07, 6.45) is 3.81. The molecule has 0 saturated heterocycles. The van der Waals surface area contributed by atoms with Crippen molar-refractivity contribution in [3.05, 3.63) is 34.9 Å². The maximum Gasteiger partial charge on any atom is 0.191 e. The van der Waals surface area contributed by atoms with Gasteiger partial charge in [0.2, 0.25) is 0 Å². The van der Waals surface area contributed by atoms with Crippen LogP contribution < -0.4 is 10.6 Å². The molecule has 0 aliphatic rings. The third kappa shape index (κ3) is 3.87. The highest BCUT2D eigenvalue weighted by Crippen LogP contribution is 2.11. The molecule has 0 aromatic carbocycles. The molecule has 0 fully saturated rings. The Hall–Kier alpha value is -2.31. The summed E-state index contributed by atoms with van der Waals surface area (Å²) < 4.78 is 3.69. The van der Waals surface area contributed by atoms with E-state index in [-0.39, 0.29) is 0 Å². The molecule has 120 valence electrons. The van der Waals surface area contributed by atoms with E-state index in [1.165, 1.54) is 11.3 Å². The second-order valence-electron chi connectivity index (χ2n) is 5.34. The first-order valence-corrected chi connectivity index (χ1v) is 7.50. The summed E-state index contributed by atoms with van der Waals surface area (Å²) >= 11 is 0. The monoisotopic (exact) mass is 303 g/mol. The first-order chi connectivity index (χ1) is 10.5. The molecule has 0 saturated carbocycles. The van der Waals surface area contributed by atoms with Crippen LogP contribution in [0.4, 0.5) is 0 Å². The van der Waals surface area contributed by atoms with Gasteiger partial charge in [-0.1, -0.05) is 0 Å². The van der Waals surface area contributed by atoms with E-state index in [2.05, 4.69) is 39.7 Å². The molecule has 7 nitrogen and oxygen atoms in total. The van der Waals surface area contributed by atoms with Crippen molar-refractivity contribution in [2.24, 2.45) is 19.1 Å². The first-order valence-electron chi connectivity index (χ1n) is 7.50. The van der Waals surface area contributed by atoms with Gasteiger partial charge in [-0.3, -0.25) is 9.36 Å². The van der Waals surface area contributed by atoms with Crippen LogP contribution in [0.2, 0.25) is 0 Å². The molecule has 0 bridgehead atoms. The van der Waals surface area contributed by atoms with Crippen LogP contribution in [0.5, 0.6) is 0 Å². The molecule has 2 aromatic heterocycles. The molecule has 22 heavy (non-hydrogen) atoms. The fraction of sp³-hybridized carbons (Fsp3) is 0.533. The molecule has 0 radical (unpaired) electrons. The maximum absolute atomic E-state index is 4.59. The molecule has 0 atom stereocenters. The van der Waals surface area contributed by atoms with Crippen molar-refractivity contribution in [3.8, 4) is 0 Å². The molecule has 2 heterocycles. The van der Waals surface area contributed by atoms with Gasteiger partial charge >= 0.3 is 0 Å². The molecule has 0 aliphatic carbocycles. The topological polar surface area (TPSA) is 72.1 Å². The van der Waals surface area contributed by atoms with Crippen LogP contribution in [0.3, 0.4) is 0 Å². The van der Waals surface area contributed by atoms with Crippen molar-refractivity contribution in [1.82, 2.24) is 30.2 Å². The molecule has 7 heteroatoms. The minimum atomic E-state index is 0.605. The third-order valence-corrected chi connectivity index (χ3v) is 3.61. The largest absolute Gasteiger partial charge is 0.357 e. The van der Waals surface area contributed by atoms with Gasteiger partial charge in [0.05, 0.1) is 18.4 Å². The van der Waals surface area contributed by atoms with E-state index < -0.39 is 0 Å². The average molecular weight is 303 g/mol. The van der Waals surface area contributed by atoms with Crippen LogP contribution in [-0.4, -0.2) is 32.1 Å². The SMILES string of the molecule is CCNC(=NCc1cnn(C)c1)NCc1c(C)nn(C)c1C. The molecule has 0 unspecified atom stereocenters. The maximum atomic E-state index is 4.59. The fourth-order valence-corrected chi connectivity index (χ4v) is 2.31. The van der Waals surface area contributed by atoms with Crippen LogP contribution in [0, 0.1) is 13.8 Å². The van der Waals surface area contributed by atoms with Crippen LogP contribution in [0.1, 0.15) is 29.4 Å². The Kier molecular flexibility index (Phi) is 5.19. The van der Waals surface area contributed by atoms with Crippen molar-refractivity contribution >= 4 is 5.96 Å². The van der Waals surface area contributed by atoms with Crippen molar-refractivity contribution in [1.29, 1.82) is 0 Å². The predicted molar refractivity (Wildman–Crippen MR) is 87.5 cm³/mol. The van der Waals surface area contributed by atoms with E-state index >= 15 is 0 Å². The van der Waals surface area contributed by atoms with Crippen molar-refractivity contribution in [3.63, 3.8) is 0 Å². The Balaban J connectivity index is 2.02. The van der Waals surface area contributed by atoms with Gasteiger partial charge in [-0.25, -0.2) is 4.99 Å². The van der Waals surface area contributed by atoms with Crippen molar-refractivity contribution in [2.45, 2.75) is 33.9 Å². The lowest BCUT2D eigenvalue weighted by molar-refractivity contribution is 0.728. The summed E-state index contributed by atoms with van der Waals surface area (Å²) in [5.74, 6) is 0.800. The highest BCUT2D eigenvalue weighted by molar-refractivity contribution is 5.79. The Morgan fingerprint density at radius 2 is 2.05 bits per heavy atom. The Morgan fingerprint density at radius 1 is 1.27 bits per heavy atom. The number of rotatable bonds is 5. The minimum Gasteiger partial charge on any atom is -0.357 e. The van der Waals surface area contributed by atoms with Gasteiger partial charge in [0.1, 0.15) is 0 Å². The number of nitrogens with one attached hydrogen (secondary N) is 2. The number of nitrogens with zero attached hydrogens (tertiary/aromatic N) is 5. The zero-order valence-corrected chi connectivity index (χ0v) is 14.0. The second-order valence-corrected chi connectivity index (χ2v) is 5.34. The molecular weight excluding hydrogens is 278 g/mol. The van der Waals surface area contributed by atoms with E-state index in [0.717, 1.165) is 23.8 Å². The highest BCUT2D eigenvalue weighted by atomic mass is 15.3. The highest BCUT2D eigenvalue weighted by Gasteiger charge is 2.09. The zero-order chi connectivity index (χ0) is 16.1.